The molecule has 0 aliphatic carbocycles. The number of carbonyl (C=O) groups excluding carboxylic acids is 3. The van der Waals surface area contributed by atoms with Crippen molar-refractivity contribution in [1.29, 1.82) is 0 Å². The van der Waals surface area contributed by atoms with Gasteiger partial charge in [-0.25, -0.2) is 9.97 Å². The zero-order valence-electron chi connectivity index (χ0n) is 20.2. The number of aromatic amines is 1. The van der Waals surface area contributed by atoms with E-state index in [1.807, 2.05) is 24.3 Å². The Morgan fingerprint density at radius 3 is 2.56 bits per heavy atom. The Labute approximate surface area is 219 Å². The van der Waals surface area contributed by atoms with Gasteiger partial charge in [-0.05, 0) is 23.3 Å². The molecule has 5 aromatic rings. The third-order valence-corrected chi connectivity index (χ3v) is 5.94. The summed E-state index contributed by atoms with van der Waals surface area (Å²) in [4.78, 5) is 50.0. The van der Waals surface area contributed by atoms with E-state index in [0.717, 1.165) is 16.7 Å². The number of amides is 3. The number of H-pyrrole nitrogens is 1. The number of benzene rings is 2. The molecule has 0 saturated heterocycles. The molecule has 1 aliphatic rings. The first-order valence-corrected chi connectivity index (χ1v) is 11.8. The molecule has 0 saturated carbocycles. The summed E-state index contributed by atoms with van der Waals surface area (Å²) in [6.45, 7) is 0.368. The van der Waals surface area contributed by atoms with E-state index >= 15 is 0 Å². The number of fused-ring (bicyclic) bond motifs is 2. The molecule has 39 heavy (non-hydrogen) atoms. The zero-order chi connectivity index (χ0) is 26.8. The normalized spacial score (nSPS) is 12.4. The number of rotatable bonds is 7. The van der Waals surface area contributed by atoms with Crippen LogP contribution < -0.4 is 20.7 Å². The zero-order valence-corrected chi connectivity index (χ0v) is 20.2. The smallest absolute Gasteiger partial charge is 0.270 e. The van der Waals surface area contributed by atoms with Gasteiger partial charge >= 0.3 is 0 Å². The lowest BCUT2D eigenvalue weighted by atomic mass is 10.1. The minimum Gasteiger partial charge on any atom is -0.482 e. The van der Waals surface area contributed by atoms with Crippen LogP contribution in [-0.4, -0.2) is 59.1 Å². The van der Waals surface area contributed by atoms with Crippen molar-refractivity contribution in [2.45, 2.75) is 13.1 Å². The third-order valence-electron chi connectivity index (χ3n) is 5.94. The lowest BCUT2D eigenvalue weighted by Crippen LogP contribution is -2.29. The van der Waals surface area contributed by atoms with Gasteiger partial charge in [0.25, 0.3) is 23.5 Å². The van der Waals surface area contributed by atoms with Gasteiger partial charge in [-0.2, -0.15) is 19.7 Å². The molecule has 0 atom stereocenters. The molecule has 14 heteroatoms. The molecule has 14 nitrogen and oxygen atoms in total. The van der Waals surface area contributed by atoms with Gasteiger partial charge in [0, 0.05) is 24.7 Å². The van der Waals surface area contributed by atoms with Gasteiger partial charge in [0.2, 0.25) is 0 Å². The van der Waals surface area contributed by atoms with Crippen LogP contribution in [0.5, 0.6) is 5.75 Å². The van der Waals surface area contributed by atoms with Crippen LogP contribution in [0.1, 0.15) is 32.1 Å². The number of aromatic nitrogens is 7. The Morgan fingerprint density at radius 2 is 1.74 bits per heavy atom. The van der Waals surface area contributed by atoms with Crippen molar-refractivity contribution < 1.29 is 19.1 Å². The number of ether oxygens (including phenoxy) is 1. The molecule has 0 spiro atoms. The summed E-state index contributed by atoms with van der Waals surface area (Å²) in [6, 6.07) is 14.1. The highest BCUT2D eigenvalue weighted by Crippen LogP contribution is 2.28. The van der Waals surface area contributed by atoms with E-state index in [1.54, 1.807) is 18.2 Å². The molecule has 194 valence electrons. The van der Waals surface area contributed by atoms with E-state index < -0.39 is 11.8 Å². The molecular weight excluding hydrogens is 504 g/mol. The summed E-state index contributed by atoms with van der Waals surface area (Å²) in [6.07, 6.45) is 2.69. The largest absolute Gasteiger partial charge is 0.482 e. The number of hydrogen-bond acceptors (Lipinski definition) is 9. The van der Waals surface area contributed by atoms with Gasteiger partial charge in [0.1, 0.15) is 29.8 Å². The van der Waals surface area contributed by atoms with E-state index in [1.165, 1.54) is 23.2 Å². The monoisotopic (exact) mass is 524 g/mol. The van der Waals surface area contributed by atoms with Crippen LogP contribution in [0.2, 0.25) is 0 Å². The average Bonchev–Trinajstić information content (AvgIpc) is 3.67. The molecule has 2 aromatic carbocycles. The maximum Gasteiger partial charge on any atom is 0.270 e. The van der Waals surface area contributed by atoms with Crippen LogP contribution in [0, 0.1) is 0 Å². The van der Waals surface area contributed by atoms with E-state index in [2.05, 4.69) is 46.2 Å². The highest BCUT2D eigenvalue weighted by atomic mass is 16.5. The van der Waals surface area contributed by atoms with Crippen molar-refractivity contribution in [3.05, 3.63) is 83.7 Å². The van der Waals surface area contributed by atoms with Crippen molar-refractivity contribution in [3.8, 4) is 17.1 Å². The summed E-state index contributed by atoms with van der Waals surface area (Å²) in [5.74, 6) is 0.114. The molecule has 4 N–H and O–H groups in total. The third kappa shape index (κ3) is 4.98. The van der Waals surface area contributed by atoms with Gasteiger partial charge in [0.15, 0.2) is 12.4 Å². The highest BCUT2D eigenvalue weighted by molar-refractivity contribution is 5.98. The van der Waals surface area contributed by atoms with Crippen LogP contribution in [0.4, 0.5) is 5.69 Å². The van der Waals surface area contributed by atoms with Crippen molar-refractivity contribution in [2.75, 3.05) is 11.9 Å². The molecule has 0 bridgehead atoms. The molecule has 3 amide bonds. The summed E-state index contributed by atoms with van der Waals surface area (Å²) < 4.78 is 6.62. The summed E-state index contributed by atoms with van der Waals surface area (Å²) in [7, 11) is 0. The number of carbonyl (C=O) groups is 3. The van der Waals surface area contributed by atoms with Crippen molar-refractivity contribution in [1.82, 2.24) is 45.4 Å². The van der Waals surface area contributed by atoms with Gasteiger partial charge in [0.05, 0.1) is 5.69 Å². The molecule has 0 radical (unpaired) electrons. The Bertz CT molecular complexity index is 1700. The second kappa shape index (κ2) is 10.0. The predicted octanol–water partition coefficient (Wildman–Crippen LogP) is 1.10. The number of nitrogens with one attached hydrogen (secondary N) is 4. The lowest BCUT2D eigenvalue weighted by Gasteiger charge is -2.18. The maximum absolute atomic E-state index is 13.1. The Morgan fingerprint density at radius 1 is 0.949 bits per heavy atom. The molecule has 6 rings (SSSR count). The number of hydrogen-bond donors (Lipinski definition) is 4. The van der Waals surface area contributed by atoms with Gasteiger partial charge < -0.3 is 20.7 Å². The molecule has 3 aromatic heterocycles. The quantitative estimate of drug-likeness (QED) is 0.242. The van der Waals surface area contributed by atoms with E-state index in [4.69, 9.17) is 4.74 Å². The van der Waals surface area contributed by atoms with E-state index in [-0.39, 0.29) is 42.8 Å². The summed E-state index contributed by atoms with van der Waals surface area (Å²) >= 11 is 0. The Kier molecular flexibility index (Phi) is 6.09. The second-order valence-electron chi connectivity index (χ2n) is 8.56. The van der Waals surface area contributed by atoms with E-state index in [9.17, 15) is 14.4 Å². The van der Waals surface area contributed by atoms with Crippen LogP contribution in [0.15, 0.2) is 61.2 Å². The highest BCUT2D eigenvalue weighted by Gasteiger charge is 2.19. The van der Waals surface area contributed by atoms with Crippen LogP contribution in [0.3, 0.4) is 0 Å². The predicted molar refractivity (Wildman–Crippen MR) is 136 cm³/mol. The van der Waals surface area contributed by atoms with Gasteiger partial charge in [-0.3, -0.25) is 19.5 Å². The topological polar surface area (TPSA) is 181 Å². The minimum atomic E-state index is -0.504. The maximum atomic E-state index is 13.1. The Balaban J connectivity index is 1.14. The molecule has 0 unspecified atom stereocenters. The fourth-order valence-electron chi connectivity index (χ4n) is 4.00. The summed E-state index contributed by atoms with van der Waals surface area (Å²) in [5, 5.41) is 19.0. The SMILES string of the molecule is O=C1COc2ccc(CNC(=O)c3cc(C(=O)NCc4ccc(-c5ncn[nH]5)cc4)n4ncnc4n3)cc2N1. The summed E-state index contributed by atoms with van der Waals surface area (Å²) in [5.41, 5.74) is 3.11. The average molecular weight is 525 g/mol. The fourth-order valence-corrected chi connectivity index (χ4v) is 4.00. The number of nitrogens with zero attached hydrogens (tertiary/aromatic N) is 6. The Hall–Kier alpha value is -5.66. The van der Waals surface area contributed by atoms with Crippen LogP contribution in [-0.2, 0) is 17.9 Å². The van der Waals surface area contributed by atoms with Crippen molar-refractivity contribution >= 4 is 29.2 Å². The standard InChI is InChI=1S/C25H20N10O4/c36-21-11-39-20-6-3-15(7-17(20)32-21)10-26-23(37)18-8-19(35-25(33-18)29-13-31-35)24(38)27-9-14-1-4-16(5-2-14)22-28-12-30-34-22/h1-8,12-13H,9-11H2,(H,26,37)(H,27,38)(H,32,36)(H,28,30,34). The first-order valence-electron chi connectivity index (χ1n) is 11.8. The molecular formula is C25H20N10O4. The molecule has 1 aliphatic heterocycles. The first kappa shape index (κ1) is 23.7. The van der Waals surface area contributed by atoms with Crippen LogP contribution in [0.25, 0.3) is 17.2 Å². The van der Waals surface area contributed by atoms with Crippen LogP contribution >= 0.6 is 0 Å². The first-order chi connectivity index (χ1) is 19.0. The minimum absolute atomic E-state index is 0.00616. The second-order valence-corrected chi connectivity index (χ2v) is 8.56. The van der Waals surface area contributed by atoms with Crippen molar-refractivity contribution in [2.24, 2.45) is 0 Å². The lowest BCUT2D eigenvalue weighted by molar-refractivity contribution is -0.118. The van der Waals surface area contributed by atoms with Gasteiger partial charge in [-0.1, -0.05) is 30.3 Å². The van der Waals surface area contributed by atoms with Crippen molar-refractivity contribution in [3.63, 3.8) is 0 Å². The number of anilines is 1. The van der Waals surface area contributed by atoms with Gasteiger partial charge in [-0.15, -0.1) is 0 Å². The van der Waals surface area contributed by atoms with E-state index in [0.29, 0.717) is 17.3 Å². The molecule has 0 fully saturated rings. The molecule has 4 heterocycles. The fraction of sp³-hybridized carbons (Fsp3) is 0.120.